The summed E-state index contributed by atoms with van der Waals surface area (Å²) in [5.74, 6) is 0.402. The third kappa shape index (κ3) is 3.39. The van der Waals surface area contributed by atoms with E-state index in [2.05, 4.69) is 15.5 Å². The molecule has 1 saturated heterocycles. The van der Waals surface area contributed by atoms with Crippen LogP contribution >= 0.6 is 0 Å². The molecule has 0 atom stereocenters. The molecule has 0 unspecified atom stereocenters. The minimum absolute atomic E-state index is 0.0912. The first-order valence-corrected chi connectivity index (χ1v) is 8.76. The van der Waals surface area contributed by atoms with E-state index in [0.717, 1.165) is 5.69 Å². The van der Waals surface area contributed by atoms with Crippen LogP contribution in [0.15, 0.2) is 54.6 Å². The number of rotatable bonds is 4. The highest BCUT2D eigenvalue weighted by atomic mass is 16.6. The van der Waals surface area contributed by atoms with Gasteiger partial charge in [0, 0.05) is 43.9 Å². The van der Waals surface area contributed by atoms with Crippen LogP contribution in [0.1, 0.15) is 10.4 Å². The molecule has 10 nitrogen and oxygen atoms in total. The lowest BCUT2D eigenvalue weighted by Gasteiger charge is -2.34. The molecule has 2 aromatic carbocycles. The number of non-ortho nitro benzene ring substituents is 1. The van der Waals surface area contributed by atoms with Crippen LogP contribution in [-0.2, 0) is 0 Å². The number of para-hydroxylation sites is 1. The number of nitro benzene ring substituents is 1. The lowest BCUT2D eigenvalue weighted by Crippen LogP contribution is -2.49. The van der Waals surface area contributed by atoms with Gasteiger partial charge >= 0.3 is 0 Å². The van der Waals surface area contributed by atoms with E-state index < -0.39 is 4.92 Å². The first-order chi connectivity index (χ1) is 13.6. The predicted molar refractivity (Wildman–Crippen MR) is 100 cm³/mol. The molecule has 4 rings (SSSR count). The summed E-state index contributed by atoms with van der Waals surface area (Å²) < 4.78 is 1.66. The van der Waals surface area contributed by atoms with E-state index >= 15 is 0 Å². The summed E-state index contributed by atoms with van der Waals surface area (Å²) >= 11 is 0. The fraction of sp³-hybridized carbons (Fsp3) is 0.222. The Balaban J connectivity index is 1.46. The first-order valence-electron chi connectivity index (χ1n) is 8.76. The van der Waals surface area contributed by atoms with E-state index in [9.17, 15) is 14.9 Å². The summed E-state index contributed by atoms with van der Waals surface area (Å²) in [6.07, 6.45) is 0. The van der Waals surface area contributed by atoms with Crippen molar-refractivity contribution in [3.8, 4) is 5.69 Å². The molecule has 2 heterocycles. The van der Waals surface area contributed by atoms with Crippen molar-refractivity contribution in [3.63, 3.8) is 0 Å². The van der Waals surface area contributed by atoms with Gasteiger partial charge in [-0.3, -0.25) is 14.9 Å². The lowest BCUT2D eigenvalue weighted by molar-refractivity contribution is -0.384. The molecule has 1 amide bonds. The third-order valence-corrected chi connectivity index (χ3v) is 4.61. The van der Waals surface area contributed by atoms with Crippen molar-refractivity contribution in [3.05, 3.63) is 70.3 Å². The van der Waals surface area contributed by atoms with Crippen molar-refractivity contribution >= 4 is 17.5 Å². The average molecular weight is 379 g/mol. The highest BCUT2D eigenvalue weighted by Gasteiger charge is 2.26. The summed E-state index contributed by atoms with van der Waals surface area (Å²) in [5.41, 5.74) is 1.08. The molecule has 0 aliphatic carbocycles. The van der Waals surface area contributed by atoms with Crippen molar-refractivity contribution < 1.29 is 9.72 Å². The van der Waals surface area contributed by atoms with Gasteiger partial charge in [-0.15, -0.1) is 0 Å². The summed E-state index contributed by atoms with van der Waals surface area (Å²) in [6, 6.07) is 15.4. The van der Waals surface area contributed by atoms with Crippen molar-refractivity contribution in [2.75, 3.05) is 31.1 Å². The second-order valence-electron chi connectivity index (χ2n) is 6.31. The number of nitrogens with zero attached hydrogens (tertiary/aromatic N) is 7. The fourth-order valence-electron chi connectivity index (χ4n) is 3.16. The van der Waals surface area contributed by atoms with Crippen LogP contribution in [0.25, 0.3) is 5.69 Å². The summed E-state index contributed by atoms with van der Waals surface area (Å²) in [6.45, 7) is 2.08. The number of hydrogen-bond acceptors (Lipinski definition) is 7. The standard InChI is InChI=1S/C18H17N7O3/c26-17(14-5-4-8-16(13-14)25(27)28)22-9-11-23(12-10-22)18-19-20-21-24(18)15-6-2-1-3-7-15/h1-8,13H,9-12H2. The Kier molecular flexibility index (Phi) is 4.67. The Morgan fingerprint density at radius 2 is 1.75 bits per heavy atom. The quantitative estimate of drug-likeness (QED) is 0.499. The zero-order valence-corrected chi connectivity index (χ0v) is 14.9. The Morgan fingerprint density at radius 1 is 1.00 bits per heavy atom. The zero-order chi connectivity index (χ0) is 19.5. The number of anilines is 1. The minimum Gasteiger partial charge on any atom is -0.336 e. The molecule has 3 aromatic rings. The molecule has 0 spiro atoms. The van der Waals surface area contributed by atoms with E-state index in [4.69, 9.17) is 0 Å². The number of nitro groups is 1. The van der Waals surface area contributed by atoms with Gasteiger partial charge in [0.2, 0.25) is 5.95 Å². The Bertz CT molecular complexity index is 997. The van der Waals surface area contributed by atoms with Gasteiger partial charge in [-0.25, -0.2) is 0 Å². The van der Waals surface area contributed by atoms with Gasteiger partial charge in [0.05, 0.1) is 10.6 Å². The average Bonchev–Trinajstić information content (AvgIpc) is 3.24. The number of piperazine rings is 1. The summed E-state index contributed by atoms with van der Waals surface area (Å²) in [5, 5.41) is 22.9. The molecular weight excluding hydrogens is 362 g/mol. The lowest BCUT2D eigenvalue weighted by atomic mass is 10.1. The summed E-state index contributed by atoms with van der Waals surface area (Å²) in [7, 11) is 0. The Hall–Kier alpha value is -3.82. The maximum atomic E-state index is 12.7. The highest BCUT2D eigenvalue weighted by molar-refractivity contribution is 5.95. The molecular formula is C18H17N7O3. The first kappa shape index (κ1) is 17.6. The van der Waals surface area contributed by atoms with Gasteiger partial charge in [0.1, 0.15) is 0 Å². The van der Waals surface area contributed by atoms with E-state index in [-0.39, 0.29) is 11.6 Å². The van der Waals surface area contributed by atoms with Crippen LogP contribution in [0.3, 0.4) is 0 Å². The highest BCUT2D eigenvalue weighted by Crippen LogP contribution is 2.19. The molecule has 1 aliphatic rings. The van der Waals surface area contributed by atoms with Crippen LogP contribution in [0.5, 0.6) is 0 Å². The monoisotopic (exact) mass is 379 g/mol. The molecule has 0 N–H and O–H groups in total. The molecule has 1 aliphatic heterocycles. The van der Waals surface area contributed by atoms with Crippen LogP contribution in [0.4, 0.5) is 11.6 Å². The van der Waals surface area contributed by atoms with Crippen molar-refractivity contribution in [2.24, 2.45) is 0 Å². The van der Waals surface area contributed by atoms with Gasteiger partial charge in [-0.1, -0.05) is 29.4 Å². The largest absolute Gasteiger partial charge is 0.336 e. The van der Waals surface area contributed by atoms with Crippen molar-refractivity contribution in [1.82, 2.24) is 25.1 Å². The molecule has 10 heteroatoms. The van der Waals surface area contributed by atoms with Gasteiger partial charge in [0.25, 0.3) is 11.6 Å². The zero-order valence-electron chi connectivity index (χ0n) is 14.9. The molecule has 28 heavy (non-hydrogen) atoms. The van der Waals surface area contributed by atoms with Crippen LogP contribution < -0.4 is 4.90 Å². The molecule has 1 fully saturated rings. The van der Waals surface area contributed by atoms with Crippen LogP contribution in [0, 0.1) is 10.1 Å². The number of hydrogen-bond donors (Lipinski definition) is 0. The van der Waals surface area contributed by atoms with E-state index in [1.54, 1.807) is 15.6 Å². The van der Waals surface area contributed by atoms with Gasteiger partial charge in [-0.2, -0.15) is 4.68 Å². The molecule has 142 valence electrons. The van der Waals surface area contributed by atoms with Gasteiger partial charge in [0.15, 0.2) is 0 Å². The Labute approximate surface area is 160 Å². The molecule has 1 aromatic heterocycles. The minimum atomic E-state index is -0.502. The smallest absolute Gasteiger partial charge is 0.270 e. The van der Waals surface area contributed by atoms with Crippen LogP contribution in [-0.4, -0.2) is 62.1 Å². The topological polar surface area (TPSA) is 110 Å². The van der Waals surface area contributed by atoms with Gasteiger partial charge < -0.3 is 9.80 Å². The van der Waals surface area contributed by atoms with Crippen molar-refractivity contribution in [2.45, 2.75) is 0 Å². The molecule has 0 radical (unpaired) electrons. The number of carbonyl (C=O) groups excluding carboxylic acids is 1. The fourth-order valence-corrected chi connectivity index (χ4v) is 3.16. The number of aromatic nitrogens is 4. The molecule has 0 saturated carbocycles. The maximum absolute atomic E-state index is 12.7. The number of benzene rings is 2. The van der Waals surface area contributed by atoms with Crippen molar-refractivity contribution in [1.29, 1.82) is 0 Å². The maximum Gasteiger partial charge on any atom is 0.270 e. The number of carbonyl (C=O) groups is 1. The van der Waals surface area contributed by atoms with E-state index in [1.165, 1.54) is 18.2 Å². The predicted octanol–water partition coefficient (Wildman–Crippen LogP) is 1.53. The van der Waals surface area contributed by atoms with Crippen LogP contribution in [0.2, 0.25) is 0 Å². The van der Waals surface area contributed by atoms with Gasteiger partial charge in [-0.05, 0) is 28.6 Å². The molecule has 0 bridgehead atoms. The van der Waals surface area contributed by atoms with E-state index in [0.29, 0.717) is 37.7 Å². The van der Waals surface area contributed by atoms with E-state index in [1.807, 2.05) is 35.2 Å². The SMILES string of the molecule is O=C(c1cccc([N+](=O)[O-])c1)N1CCN(c2nnnn2-c2ccccc2)CC1. The second-order valence-corrected chi connectivity index (χ2v) is 6.31. The third-order valence-electron chi connectivity index (χ3n) is 4.61. The normalized spacial score (nSPS) is 14.1. The Morgan fingerprint density at radius 3 is 2.46 bits per heavy atom. The summed E-state index contributed by atoms with van der Waals surface area (Å²) in [4.78, 5) is 26.8. The second kappa shape index (κ2) is 7.43. The number of tetrazole rings is 1. The number of amides is 1.